The molecule has 3 aromatic rings. The molecule has 2 aromatic carbocycles. The molecule has 162 valence electrons. The van der Waals surface area contributed by atoms with E-state index in [1.54, 1.807) is 23.6 Å². The molecule has 0 bridgehead atoms. The summed E-state index contributed by atoms with van der Waals surface area (Å²) in [7, 11) is 0. The van der Waals surface area contributed by atoms with E-state index in [-0.39, 0.29) is 37.3 Å². The summed E-state index contributed by atoms with van der Waals surface area (Å²) in [5, 5.41) is 9.74. The molecule has 0 aliphatic rings. The number of aromatic nitrogens is 3. The molecule has 0 saturated carbocycles. The van der Waals surface area contributed by atoms with Gasteiger partial charge in [0.1, 0.15) is 12.4 Å². The van der Waals surface area contributed by atoms with E-state index in [4.69, 9.17) is 12.2 Å². The number of carbonyl (C=O) groups excluding carboxylic acids is 2. The number of aryl methyl sites for hydroxylation is 1. The first kappa shape index (κ1) is 22.4. The number of benzene rings is 2. The van der Waals surface area contributed by atoms with Crippen molar-refractivity contribution in [1.82, 2.24) is 25.0 Å². The lowest BCUT2D eigenvalue weighted by Gasteiger charge is -2.21. The number of nitrogens with zero attached hydrogens (tertiary/aromatic N) is 3. The second-order valence-corrected chi connectivity index (χ2v) is 7.50. The van der Waals surface area contributed by atoms with Crippen molar-refractivity contribution in [2.24, 2.45) is 0 Å². The summed E-state index contributed by atoms with van der Waals surface area (Å²) in [6, 6.07) is 13.6. The number of likely N-dealkylation sites (N-methyl/N-ethyl adjacent to an activating group) is 1. The van der Waals surface area contributed by atoms with E-state index in [1.165, 1.54) is 17.0 Å². The lowest BCUT2D eigenvalue weighted by molar-refractivity contribution is -0.136. The Hall–Kier alpha value is -3.33. The molecule has 1 aromatic heterocycles. The summed E-state index contributed by atoms with van der Waals surface area (Å²) >= 11 is 5.30. The van der Waals surface area contributed by atoms with Gasteiger partial charge in [-0.1, -0.05) is 42.0 Å². The Bertz CT molecular complexity index is 1110. The second-order valence-electron chi connectivity index (χ2n) is 7.12. The first-order valence-electron chi connectivity index (χ1n) is 9.88. The summed E-state index contributed by atoms with van der Waals surface area (Å²) in [6.45, 7) is 4.31. The quantitative estimate of drug-likeness (QED) is 0.526. The van der Waals surface area contributed by atoms with Crippen molar-refractivity contribution in [1.29, 1.82) is 0 Å². The molecule has 7 nitrogen and oxygen atoms in total. The highest BCUT2D eigenvalue weighted by Crippen LogP contribution is 2.18. The van der Waals surface area contributed by atoms with Crippen LogP contribution in [0.25, 0.3) is 11.4 Å². The normalized spacial score (nSPS) is 10.7. The SMILES string of the molecule is CCN(CC(=O)NCc1ccc(F)cc1)C(=O)Cn1c(-c2ccc(C)cc2)n[nH]c1=S. The van der Waals surface area contributed by atoms with Gasteiger partial charge >= 0.3 is 0 Å². The molecular formula is C22H24FN5O2S. The summed E-state index contributed by atoms with van der Waals surface area (Å²) in [4.78, 5) is 26.6. The molecule has 31 heavy (non-hydrogen) atoms. The lowest BCUT2D eigenvalue weighted by atomic mass is 10.1. The van der Waals surface area contributed by atoms with Crippen LogP contribution < -0.4 is 5.32 Å². The van der Waals surface area contributed by atoms with E-state index in [2.05, 4.69) is 15.5 Å². The molecule has 2 amide bonds. The Morgan fingerprint density at radius 2 is 1.84 bits per heavy atom. The summed E-state index contributed by atoms with van der Waals surface area (Å²) in [5.41, 5.74) is 2.73. The largest absolute Gasteiger partial charge is 0.350 e. The number of nitrogens with one attached hydrogen (secondary N) is 2. The van der Waals surface area contributed by atoms with Crippen LogP contribution in [0.3, 0.4) is 0 Å². The van der Waals surface area contributed by atoms with Crippen molar-refractivity contribution in [2.75, 3.05) is 13.1 Å². The fourth-order valence-corrected chi connectivity index (χ4v) is 3.23. The highest BCUT2D eigenvalue weighted by Gasteiger charge is 2.19. The van der Waals surface area contributed by atoms with Gasteiger partial charge in [0, 0.05) is 18.7 Å². The standard InChI is InChI=1S/C22H24FN5O2S/c1-3-27(13-19(29)24-12-16-6-10-18(23)11-7-16)20(30)14-28-21(25-26-22(28)31)17-8-4-15(2)5-9-17/h4-11H,3,12-14H2,1-2H3,(H,24,29)(H,26,31). The van der Waals surface area contributed by atoms with Gasteiger partial charge in [-0.25, -0.2) is 4.39 Å². The van der Waals surface area contributed by atoms with Crippen LogP contribution in [-0.4, -0.2) is 44.6 Å². The molecule has 2 N–H and O–H groups in total. The minimum atomic E-state index is -0.333. The topological polar surface area (TPSA) is 83.0 Å². The maximum absolute atomic E-state index is 13.0. The number of H-pyrrole nitrogens is 1. The van der Waals surface area contributed by atoms with Crippen LogP contribution in [-0.2, 0) is 22.7 Å². The van der Waals surface area contributed by atoms with Crippen molar-refractivity contribution in [3.63, 3.8) is 0 Å². The van der Waals surface area contributed by atoms with Gasteiger partial charge in [0.15, 0.2) is 10.6 Å². The number of aromatic amines is 1. The Morgan fingerprint density at radius 1 is 1.16 bits per heavy atom. The number of amides is 2. The highest BCUT2D eigenvalue weighted by atomic mass is 32.1. The molecule has 0 unspecified atom stereocenters. The van der Waals surface area contributed by atoms with Gasteiger partial charge in [-0.05, 0) is 43.8 Å². The smallest absolute Gasteiger partial charge is 0.243 e. The van der Waals surface area contributed by atoms with Crippen LogP contribution >= 0.6 is 12.2 Å². The number of rotatable bonds is 8. The highest BCUT2D eigenvalue weighted by molar-refractivity contribution is 7.71. The van der Waals surface area contributed by atoms with Gasteiger partial charge < -0.3 is 10.2 Å². The van der Waals surface area contributed by atoms with E-state index in [0.717, 1.165) is 16.7 Å². The van der Waals surface area contributed by atoms with Gasteiger partial charge in [0.2, 0.25) is 11.8 Å². The van der Waals surface area contributed by atoms with Crippen molar-refractivity contribution in [2.45, 2.75) is 26.9 Å². The van der Waals surface area contributed by atoms with Gasteiger partial charge in [0.05, 0.1) is 6.54 Å². The van der Waals surface area contributed by atoms with E-state index in [9.17, 15) is 14.0 Å². The number of hydrogen-bond donors (Lipinski definition) is 2. The van der Waals surface area contributed by atoms with Crippen molar-refractivity contribution < 1.29 is 14.0 Å². The van der Waals surface area contributed by atoms with Gasteiger partial charge in [0.25, 0.3) is 0 Å². The third-order valence-corrected chi connectivity index (χ3v) is 5.14. The van der Waals surface area contributed by atoms with Crippen molar-refractivity contribution >= 4 is 24.0 Å². The lowest BCUT2D eigenvalue weighted by Crippen LogP contribution is -2.41. The first-order valence-corrected chi connectivity index (χ1v) is 10.3. The number of hydrogen-bond acceptors (Lipinski definition) is 4. The second kappa shape index (κ2) is 10.1. The zero-order valence-electron chi connectivity index (χ0n) is 17.4. The fourth-order valence-electron chi connectivity index (χ4n) is 3.03. The van der Waals surface area contributed by atoms with Crippen LogP contribution in [0, 0.1) is 17.5 Å². The van der Waals surface area contributed by atoms with E-state index >= 15 is 0 Å². The number of carbonyl (C=O) groups is 2. The van der Waals surface area contributed by atoms with E-state index in [1.807, 2.05) is 31.2 Å². The zero-order chi connectivity index (χ0) is 22.4. The predicted octanol–water partition coefficient (Wildman–Crippen LogP) is 3.22. The first-order chi connectivity index (χ1) is 14.9. The maximum atomic E-state index is 13.0. The summed E-state index contributed by atoms with van der Waals surface area (Å²) < 4.78 is 14.9. The molecule has 0 aliphatic carbocycles. The van der Waals surface area contributed by atoms with Crippen molar-refractivity contribution in [3.8, 4) is 11.4 Å². The van der Waals surface area contributed by atoms with E-state index in [0.29, 0.717) is 17.1 Å². The molecule has 0 saturated heterocycles. The van der Waals surface area contributed by atoms with Crippen molar-refractivity contribution in [3.05, 3.63) is 70.2 Å². The minimum absolute atomic E-state index is 0.0301. The Balaban J connectivity index is 1.64. The molecule has 0 atom stereocenters. The Morgan fingerprint density at radius 3 is 2.48 bits per heavy atom. The summed E-state index contributed by atoms with van der Waals surface area (Å²) in [6.07, 6.45) is 0. The van der Waals surface area contributed by atoms with Crippen LogP contribution in [0.5, 0.6) is 0 Å². The monoisotopic (exact) mass is 441 g/mol. The maximum Gasteiger partial charge on any atom is 0.243 e. The molecule has 1 heterocycles. The third kappa shape index (κ3) is 5.85. The van der Waals surface area contributed by atoms with Gasteiger partial charge in [-0.2, -0.15) is 5.10 Å². The average molecular weight is 442 g/mol. The summed E-state index contributed by atoms with van der Waals surface area (Å²) in [5.74, 6) is -0.310. The molecule has 0 spiro atoms. The minimum Gasteiger partial charge on any atom is -0.350 e. The molecule has 9 heteroatoms. The third-order valence-electron chi connectivity index (χ3n) is 4.83. The molecule has 0 aliphatic heterocycles. The molecular weight excluding hydrogens is 417 g/mol. The Kier molecular flexibility index (Phi) is 7.30. The zero-order valence-corrected chi connectivity index (χ0v) is 18.2. The van der Waals surface area contributed by atoms with Crippen LogP contribution in [0.2, 0.25) is 0 Å². The van der Waals surface area contributed by atoms with Crippen LogP contribution in [0.15, 0.2) is 48.5 Å². The van der Waals surface area contributed by atoms with Crippen LogP contribution in [0.1, 0.15) is 18.1 Å². The van der Waals surface area contributed by atoms with Gasteiger partial charge in [-0.3, -0.25) is 19.3 Å². The number of halogens is 1. The molecule has 0 fully saturated rings. The van der Waals surface area contributed by atoms with Crippen LogP contribution in [0.4, 0.5) is 4.39 Å². The Labute approximate surface area is 184 Å². The van der Waals surface area contributed by atoms with E-state index < -0.39 is 0 Å². The predicted molar refractivity (Wildman–Crippen MR) is 118 cm³/mol. The fraction of sp³-hybridized carbons (Fsp3) is 0.273. The molecule has 0 radical (unpaired) electrons. The molecule has 3 rings (SSSR count). The average Bonchev–Trinajstić information content (AvgIpc) is 3.12. The van der Waals surface area contributed by atoms with Gasteiger partial charge in [-0.15, -0.1) is 0 Å².